The van der Waals surface area contributed by atoms with Gasteiger partial charge in [-0.25, -0.2) is 0 Å². The highest BCUT2D eigenvalue weighted by atomic mass is 79.9. The van der Waals surface area contributed by atoms with Gasteiger partial charge in [-0.3, -0.25) is 5.43 Å². The first-order valence-electron chi connectivity index (χ1n) is 6.45. The standard InChI is InChI=1S/C16H16BrClN2O/c1-9-6-4-5-7-13(9)20-19-8-12-10(2)15(18)11(3)14(17)16(12)21/h4-8,20-21H,1-3H3/b19-8+. The lowest BCUT2D eigenvalue weighted by Gasteiger charge is -2.12. The van der Waals surface area contributed by atoms with E-state index in [1.54, 1.807) is 6.21 Å². The molecule has 0 radical (unpaired) electrons. The Kier molecular flexibility index (Phi) is 4.91. The predicted molar refractivity (Wildman–Crippen MR) is 92.7 cm³/mol. The van der Waals surface area contributed by atoms with Crippen molar-refractivity contribution in [2.45, 2.75) is 20.8 Å². The highest BCUT2D eigenvalue weighted by Crippen LogP contribution is 2.38. The minimum Gasteiger partial charge on any atom is -0.506 e. The highest BCUT2D eigenvalue weighted by molar-refractivity contribution is 9.10. The van der Waals surface area contributed by atoms with Crippen LogP contribution in [0.2, 0.25) is 5.02 Å². The Morgan fingerprint density at radius 1 is 1.19 bits per heavy atom. The molecule has 5 heteroatoms. The van der Waals surface area contributed by atoms with Gasteiger partial charge < -0.3 is 5.11 Å². The first-order valence-corrected chi connectivity index (χ1v) is 7.62. The Morgan fingerprint density at radius 2 is 1.86 bits per heavy atom. The molecule has 0 aliphatic carbocycles. The third-order valence-electron chi connectivity index (χ3n) is 3.38. The molecule has 0 unspecified atom stereocenters. The van der Waals surface area contributed by atoms with E-state index in [-0.39, 0.29) is 5.75 Å². The molecule has 2 aromatic carbocycles. The summed E-state index contributed by atoms with van der Waals surface area (Å²) in [5.74, 6) is 0.143. The van der Waals surface area contributed by atoms with Crippen molar-refractivity contribution in [3.8, 4) is 5.75 Å². The quantitative estimate of drug-likeness (QED) is 0.580. The second-order valence-electron chi connectivity index (χ2n) is 4.83. The Hall–Kier alpha value is -1.52. The van der Waals surface area contributed by atoms with Crippen molar-refractivity contribution in [2.75, 3.05) is 5.43 Å². The summed E-state index contributed by atoms with van der Waals surface area (Å²) in [5, 5.41) is 15.0. The molecule has 2 N–H and O–H groups in total. The second-order valence-corrected chi connectivity index (χ2v) is 6.00. The number of hydrazone groups is 1. The van der Waals surface area contributed by atoms with E-state index in [0.717, 1.165) is 22.4 Å². The summed E-state index contributed by atoms with van der Waals surface area (Å²) in [7, 11) is 0. The summed E-state index contributed by atoms with van der Waals surface area (Å²) in [6.45, 7) is 5.71. The van der Waals surface area contributed by atoms with Crippen LogP contribution in [0.15, 0.2) is 33.8 Å². The van der Waals surface area contributed by atoms with Crippen molar-refractivity contribution in [2.24, 2.45) is 5.10 Å². The summed E-state index contributed by atoms with van der Waals surface area (Å²) in [6, 6.07) is 7.85. The second kappa shape index (κ2) is 6.50. The summed E-state index contributed by atoms with van der Waals surface area (Å²) in [4.78, 5) is 0. The summed E-state index contributed by atoms with van der Waals surface area (Å²) < 4.78 is 0.593. The topological polar surface area (TPSA) is 44.6 Å². The monoisotopic (exact) mass is 366 g/mol. The number of hydrogen-bond donors (Lipinski definition) is 2. The SMILES string of the molecule is Cc1ccccc1N/N=C/c1c(C)c(Cl)c(C)c(Br)c1O. The van der Waals surface area contributed by atoms with Crippen LogP contribution in [0.5, 0.6) is 5.75 Å². The normalized spacial score (nSPS) is 11.1. The minimum absolute atomic E-state index is 0.143. The third kappa shape index (κ3) is 3.22. The van der Waals surface area contributed by atoms with E-state index in [4.69, 9.17) is 11.6 Å². The molecule has 2 aromatic rings. The van der Waals surface area contributed by atoms with Crippen LogP contribution in [0.25, 0.3) is 0 Å². The molecule has 0 saturated carbocycles. The molecule has 2 rings (SSSR count). The van der Waals surface area contributed by atoms with E-state index in [1.807, 2.05) is 45.0 Å². The number of aryl methyl sites for hydroxylation is 1. The molecular formula is C16H16BrClN2O. The number of nitrogens with zero attached hydrogens (tertiary/aromatic N) is 1. The van der Waals surface area contributed by atoms with Gasteiger partial charge in [0.2, 0.25) is 0 Å². The van der Waals surface area contributed by atoms with Crippen LogP contribution in [-0.2, 0) is 0 Å². The van der Waals surface area contributed by atoms with Crippen molar-refractivity contribution in [1.82, 2.24) is 0 Å². The highest BCUT2D eigenvalue weighted by Gasteiger charge is 2.15. The van der Waals surface area contributed by atoms with Gasteiger partial charge in [0, 0.05) is 10.6 Å². The minimum atomic E-state index is 0.143. The Bertz CT molecular complexity index is 685. The number of benzene rings is 2. The molecule has 3 nitrogen and oxygen atoms in total. The number of phenols is 1. The molecule has 0 aliphatic rings. The smallest absolute Gasteiger partial charge is 0.139 e. The van der Waals surface area contributed by atoms with Gasteiger partial charge in [0.25, 0.3) is 0 Å². The molecule has 0 heterocycles. The lowest BCUT2D eigenvalue weighted by atomic mass is 10.1. The Morgan fingerprint density at radius 3 is 2.52 bits per heavy atom. The maximum absolute atomic E-state index is 10.2. The lowest BCUT2D eigenvalue weighted by Crippen LogP contribution is -1.97. The van der Waals surface area contributed by atoms with E-state index in [0.29, 0.717) is 15.1 Å². The van der Waals surface area contributed by atoms with E-state index < -0.39 is 0 Å². The van der Waals surface area contributed by atoms with Crippen LogP contribution >= 0.6 is 27.5 Å². The van der Waals surface area contributed by atoms with Crippen LogP contribution < -0.4 is 5.43 Å². The summed E-state index contributed by atoms with van der Waals surface area (Å²) in [5.41, 5.74) is 7.19. The van der Waals surface area contributed by atoms with Crippen LogP contribution in [0.4, 0.5) is 5.69 Å². The first kappa shape index (κ1) is 15.9. The van der Waals surface area contributed by atoms with Crippen molar-refractivity contribution in [1.29, 1.82) is 0 Å². The molecule has 110 valence electrons. The maximum Gasteiger partial charge on any atom is 0.139 e. The number of aromatic hydroxyl groups is 1. The van der Waals surface area contributed by atoms with Crippen molar-refractivity contribution >= 4 is 39.4 Å². The molecule has 0 saturated heterocycles. The van der Waals surface area contributed by atoms with E-state index in [9.17, 15) is 5.11 Å². The van der Waals surface area contributed by atoms with Crippen LogP contribution in [0.1, 0.15) is 22.3 Å². The summed E-state index contributed by atoms with van der Waals surface area (Å²) >= 11 is 9.60. The summed E-state index contributed by atoms with van der Waals surface area (Å²) in [6.07, 6.45) is 1.58. The molecule has 0 aromatic heterocycles. The molecule has 21 heavy (non-hydrogen) atoms. The molecule has 0 amide bonds. The average Bonchev–Trinajstić information content (AvgIpc) is 2.48. The zero-order chi connectivity index (χ0) is 15.6. The predicted octanol–water partition coefficient (Wildman–Crippen LogP) is 5.18. The number of halogens is 2. The largest absolute Gasteiger partial charge is 0.506 e. The van der Waals surface area contributed by atoms with Gasteiger partial charge in [-0.05, 0) is 59.5 Å². The van der Waals surface area contributed by atoms with Crippen LogP contribution in [0.3, 0.4) is 0 Å². The Balaban J connectivity index is 2.32. The number of rotatable bonds is 3. The average molecular weight is 368 g/mol. The van der Waals surface area contributed by atoms with Crippen LogP contribution in [-0.4, -0.2) is 11.3 Å². The lowest BCUT2D eigenvalue weighted by molar-refractivity contribution is 0.470. The molecular weight excluding hydrogens is 352 g/mol. The number of phenolic OH excluding ortho intramolecular Hbond substituents is 1. The van der Waals surface area contributed by atoms with Crippen molar-refractivity contribution < 1.29 is 5.11 Å². The zero-order valence-corrected chi connectivity index (χ0v) is 14.4. The van der Waals surface area contributed by atoms with Gasteiger partial charge >= 0.3 is 0 Å². The Labute approximate surface area is 137 Å². The van der Waals surface area contributed by atoms with Gasteiger partial charge in [0.1, 0.15) is 5.75 Å². The van der Waals surface area contributed by atoms with Gasteiger partial charge in [0.15, 0.2) is 0 Å². The fourth-order valence-corrected chi connectivity index (χ4v) is 2.71. The third-order valence-corrected chi connectivity index (χ3v) is 4.92. The molecule has 0 atom stereocenters. The molecule has 0 aliphatic heterocycles. The maximum atomic E-state index is 10.2. The zero-order valence-electron chi connectivity index (χ0n) is 12.0. The fourth-order valence-electron chi connectivity index (χ4n) is 1.99. The van der Waals surface area contributed by atoms with Gasteiger partial charge in [0.05, 0.1) is 16.4 Å². The molecule has 0 bridgehead atoms. The number of nitrogens with one attached hydrogen (secondary N) is 1. The van der Waals surface area contributed by atoms with E-state index >= 15 is 0 Å². The molecule has 0 spiro atoms. The molecule has 0 fully saturated rings. The van der Waals surface area contributed by atoms with E-state index in [1.165, 1.54) is 0 Å². The number of para-hydroxylation sites is 1. The first-order chi connectivity index (χ1) is 9.93. The number of anilines is 1. The number of hydrogen-bond acceptors (Lipinski definition) is 3. The van der Waals surface area contributed by atoms with Gasteiger partial charge in [-0.1, -0.05) is 29.8 Å². The van der Waals surface area contributed by atoms with Crippen molar-refractivity contribution in [3.63, 3.8) is 0 Å². The van der Waals surface area contributed by atoms with Gasteiger partial charge in [-0.15, -0.1) is 0 Å². The van der Waals surface area contributed by atoms with Crippen molar-refractivity contribution in [3.05, 3.63) is 56.0 Å². The van der Waals surface area contributed by atoms with Gasteiger partial charge in [-0.2, -0.15) is 5.10 Å². The fraction of sp³-hybridized carbons (Fsp3) is 0.188. The van der Waals surface area contributed by atoms with E-state index in [2.05, 4.69) is 26.5 Å². The van der Waals surface area contributed by atoms with Crippen LogP contribution in [0, 0.1) is 20.8 Å².